The minimum absolute atomic E-state index is 0.119. The normalized spacial score (nSPS) is 11.4. The highest BCUT2D eigenvalue weighted by atomic mass is 32.2. The number of thioether (sulfide) groups is 1. The van der Waals surface area contributed by atoms with Crippen LogP contribution < -0.4 is 11.1 Å². The van der Waals surface area contributed by atoms with Gasteiger partial charge in [0.25, 0.3) is 0 Å². The number of hydrogen-bond acceptors (Lipinski definition) is 3. The van der Waals surface area contributed by atoms with E-state index in [9.17, 15) is 4.79 Å². The van der Waals surface area contributed by atoms with Crippen molar-refractivity contribution in [2.45, 2.75) is 38.6 Å². The molecule has 4 heteroatoms. The Labute approximate surface area is 91.2 Å². The minimum atomic E-state index is -0.185. The van der Waals surface area contributed by atoms with E-state index >= 15 is 0 Å². The predicted octanol–water partition coefficient (Wildman–Crippen LogP) is 1.37. The molecule has 1 amide bonds. The monoisotopic (exact) mass is 218 g/mol. The summed E-state index contributed by atoms with van der Waals surface area (Å²) >= 11 is 1.69. The van der Waals surface area contributed by atoms with Crippen molar-refractivity contribution in [1.82, 2.24) is 5.32 Å². The molecule has 0 aromatic heterocycles. The molecule has 14 heavy (non-hydrogen) atoms. The molecule has 3 N–H and O–H groups in total. The molecule has 0 fully saturated rings. The van der Waals surface area contributed by atoms with Crippen LogP contribution in [0.2, 0.25) is 0 Å². The Bertz CT molecular complexity index is 161. The molecule has 0 aromatic rings. The van der Waals surface area contributed by atoms with E-state index in [1.54, 1.807) is 11.8 Å². The van der Waals surface area contributed by atoms with Gasteiger partial charge in [0, 0.05) is 18.7 Å². The molecule has 0 rings (SSSR count). The van der Waals surface area contributed by atoms with Crippen molar-refractivity contribution in [2.75, 3.05) is 18.6 Å². The first kappa shape index (κ1) is 13.8. The standard InChI is InChI=1S/C10H22N2OS/c1-4-10(5-2,8-11)12-9(13)6-7-14-3/h4-8,11H2,1-3H3,(H,12,13). The van der Waals surface area contributed by atoms with Crippen molar-refractivity contribution in [1.29, 1.82) is 0 Å². The lowest BCUT2D eigenvalue weighted by molar-refractivity contribution is -0.122. The molecule has 0 atom stereocenters. The second-order valence-corrected chi connectivity index (χ2v) is 4.47. The van der Waals surface area contributed by atoms with Crippen LogP contribution in [0.4, 0.5) is 0 Å². The maximum absolute atomic E-state index is 11.5. The Balaban J connectivity index is 4.08. The number of carbonyl (C=O) groups excluding carboxylic acids is 1. The summed E-state index contributed by atoms with van der Waals surface area (Å²) in [5.74, 6) is 0.994. The molecule has 0 aliphatic rings. The summed E-state index contributed by atoms with van der Waals surface area (Å²) in [6, 6.07) is 0. The summed E-state index contributed by atoms with van der Waals surface area (Å²) < 4.78 is 0. The molecule has 0 bridgehead atoms. The third-order valence-electron chi connectivity index (χ3n) is 2.68. The molecule has 0 saturated carbocycles. The van der Waals surface area contributed by atoms with Crippen LogP contribution in [0.15, 0.2) is 0 Å². The maximum atomic E-state index is 11.5. The highest BCUT2D eigenvalue weighted by Crippen LogP contribution is 2.13. The van der Waals surface area contributed by atoms with Crippen molar-refractivity contribution in [3.8, 4) is 0 Å². The first-order valence-electron chi connectivity index (χ1n) is 5.14. The van der Waals surface area contributed by atoms with E-state index in [2.05, 4.69) is 19.2 Å². The fraction of sp³-hybridized carbons (Fsp3) is 0.900. The van der Waals surface area contributed by atoms with E-state index < -0.39 is 0 Å². The maximum Gasteiger partial charge on any atom is 0.221 e. The lowest BCUT2D eigenvalue weighted by Crippen LogP contribution is -2.52. The molecule has 0 saturated heterocycles. The minimum Gasteiger partial charge on any atom is -0.349 e. The summed E-state index contributed by atoms with van der Waals surface area (Å²) in [4.78, 5) is 11.5. The zero-order valence-corrected chi connectivity index (χ0v) is 10.2. The van der Waals surface area contributed by atoms with Gasteiger partial charge in [0.1, 0.15) is 0 Å². The Morgan fingerprint density at radius 1 is 1.43 bits per heavy atom. The number of hydrogen-bond donors (Lipinski definition) is 2. The third kappa shape index (κ3) is 4.33. The Morgan fingerprint density at radius 2 is 2.00 bits per heavy atom. The molecule has 0 aliphatic heterocycles. The Kier molecular flexibility index (Phi) is 7.01. The molecule has 0 unspecified atom stereocenters. The van der Waals surface area contributed by atoms with Gasteiger partial charge in [0.15, 0.2) is 0 Å². The van der Waals surface area contributed by atoms with E-state index in [1.807, 2.05) is 6.26 Å². The predicted molar refractivity (Wildman–Crippen MR) is 63.5 cm³/mol. The van der Waals surface area contributed by atoms with Crippen LogP contribution in [0.5, 0.6) is 0 Å². The van der Waals surface area contributed by atoms with E-state index in [4.69, 9.17) is 5.73 Å². The summed E-state index contributed by atoms with van der Waals surface area (Å²) in [5.41, 5.74) is 5.50. The van der Waals surface area contributed by atoms with Crippen molar-refractivity contribution >= 4 is 17.7 Å². The van der Waals surface area contributed by atoms with Gasteiger partial charge in [0.05, 0.1) is 5.54 Å². The number of amides is 1. The molecule has 0 radical (unpaired) electrons. The van der Waals surface area contributed by atoms with Gasteiger partial charge in [-0.1, -0.05) is 13.8 Å². The molecule has 3 nitrogen and oxygen atoms in total. The summed E-state index contributed by atoms with van der Waals surface area (Å²) in [7, 11) is 0. The van der Waals surface area contributed by atoms with Crippen LogP contribution in [0.3, 0.4) is 0 Å². The molecule has 0 spiro atoms. The molecule has 0 aliphatic carbocycles. The van der Waals surface area contributed by atoms with Crippen LogP contribution in [0, 0.1) is 0 Å². The van der Waals surface area contributed by atoms with E-state index in [0.29, 0.717) is 13.0 Å². The van der Waals surface area contributed by atoms with Gasteiger partial charge >= 0.3 is 0 Å². The van der Waals surface area contributed by atoms with Crippen molar-refractivity contribution < 1.29 is 4.79 Å². The van der Waals surface area contributed by atoms with Crippen LogP contribution in [0.25, 0.3) is 0 Å². The van der Waals surface area contributed by atoms with Crippen LogP contribution in [0.1, 0.15) is 33.1 Å². The molecular weight excluding hydrogens is 196 g/mol. The fourth-order valence-electron chi connectivity index (χ4n) is 1.32. The lowest BCUT2D eigenvalue weighted by Gasteiger charge is -2.31. The van der Waals surface area contributed by atoms with Gasteiger partial charge in [-0.3, -0.25) is 4.79 Å². The van der Waals surface area contributed by atoms with Crippen LogP contribution in [-0.4, -0.2) is 30.0 Å². The van der Waals surface area contributed by atoms with E-state index in [-0.39, 0.29) is 11.4 Å². The zero-order chi connectivity index (χ0) is 11.0. The number of carbonyl (C=O) groups is 1. The van der Waals surface area contributed by atoms with Crippen LogP contribution >= 0.6 is 11.8 Å². The zero-order valence-electron chi connectivity index (χ0n) is 9.43. The second-order valence-electron chi connectivity index (χ2n) is 3.48. The lowest BCUT2D eigenvalue weighted by atomic mass is 9.93. The van der Waals surface area contributed by atoms with Gasteiger partial charge in [-0.25, -0.2) is 0 Å². The van der Waals surface area contributed by atoms with Crippen molar-refractivity contribution in [3.05, 3.63) is 0 Å². The molecular formula is C10H22N2OS. The molecule has 0 heterocycles. The van der Waals surface area contributed by atoms with E-state index in [0.717, 1.165) is 18.6 Å². The first-order valence-corrected chi connectivity index (χ1v) is 6.53. The van der Waals surface area contributed by atoms with Crippen LogP contribution in [-0.2, 0) is 4.79 Å². The summed E-state index contributed by atoms with van der Waals surface area (Å²) in [5, 5.41) is 3.04. The van der Waals surface area contributed by atoms with Gasteiger partial charge in [-0.15, -0.1) is 0 Å². The Hall–Kier alpha value is -0.220. The highest BCUT2D eigenvalue weighted by Gasteiger charge is 2.25. The van der Waals surface area contributed by atoms with Gasteiger partial charge < -0.3 is 11.1 Å². The SMILES string of the molecule is CCC(CC)(CN)NC(=O)CCSC. The quantitative estimate of drug-likeness (QED) is 0.678. The Morgan fingerprint density at radius 3 is 2.36 bits per heavy atom. The number of nitrogens with one attached hydrogen (secondary N) is 1. The largest absolute Gasteiger partial charge is 0.349 e. The van der Waals surface area contributed by atoms with Gasteiger partial charge in [-0.2, -0.15) is 11.8 Å². The van der Waals surface area contributed by atoms with Gasteiger partial charge in [0.2, 0.25) is 5.91 Å². The number of rotatable bonds is 7. The second kappa shape index (κ2) is 7.12. The highest BCUT2D eigenvalue weighted by molar-refractivity contribution is 7.98. The fourth-order valence-corrected chi connectivity index (χ4v) is 1.71. The van der Waals surface area contributed by atoms with Gasteiger partial charge in [-0.05, 0) is 19.1 Å². The van der Waals surface area contributed by atoms with Crippen molar-refractivity contribution in [2.24, 2.45) is 5.73 Å². The van der Waals surface area contributed by atoms with Crippen molar-refractivity contribution in [3.63, 3.8) is 0 Å². The summed E-state index contributed by atoms with van der Waals surface area (Å²) in [6.07, 6.45) is 4.38. The number of nitrogens with two attached hydrogens (primary N) is 1. The average molecular weight is 218 g/mol. The molecule has 0 aromatic carbocycles. The average Bonchev–Trinajstić information content (AvgIpc) is 2.23. The third-order valence-corrected chi connectivity index (χ3v) is 3.29. The smallest absolute Gasteiger partial charge is 0.221 e. The summed E-state index contributed by atoms with van der Waals surface area (Å²) in [6.45, 7) is 4.64. The first-order chi connectivity index (χ1) is 6.64. The molecule has 84 valence electrons. The topological polar surface area (TPSA) is 55.1 Å². The van der Waals surface area contributed by atoms with E-state index in [1.165, 1.54) is 0 Å².